The minimum Gasteiger partial charge on any atom is -0.504 e. The highest BCUT2D eigenvalue weighted by molar-refractivity contribution is 5.80. The number of nitrogens with zero attached hydrogens (tertiary/aromatic N) is 2. The second kappa shape index (κ2) is 6.64. The Labute approximate surface area is 155 Å². The lowest BCUT2D eigenvalue weighted by Gasteiger charge is -2.10. The van der Waals surface area contributed by atoms with Gasteiger partial charge in [0.1, 0.15) is 23.0 Å². The molecule has 5 nitrogen and oxygen atoms in total. The first-order chi connectivity index (χ1) is 13.0. The first-order valence-electron chi connectivity index (χ1n) is 8.44. The Morgan fingerprint density at radius 2 is 1.85 bits per heavy atom. The van der Waals surface area contributed by atoms with Crippen LogP contribution >= 0.6 is 0 Å². The Morgan fingerprint density at radius 1 is 1.07 bits per heavy atom. The Morgan fingerprint density at radius 3 is 2.59 bits per heavy atom. The molecule has 0 bridgehead atoms. The molecule has 0 unspecified atom stereocenters. The summed E-state index contributed by atoms with van der Waals surface area (Å²) in [5.74, 6) is 0.883. The van der Waals surface area contributed by atoms with Crippen molar-refractivity contribution >= 4 is 17.2 Å². The molecule has 4 aromatic rings. The van der Waals surface area contributed by atoms with Crippen molar-refractivity contribution in [3.63, 3.8) is 0 Å². The zero-order valence-corrected chi connectivity index (χ0v) is 14.9. The van der Waals surface area contributed by atoms with Gasteiger partial charge in [0, 0.05) is 17.4 Å². The number of pyridine rings is 1. The monoisotopic (exact) mass is 363 g/mol. The number of imidazole rings is 1. The van der Waals surface area contributed by atoms with Crippen molar-refractivity contribution in [2.75, 3.05) is 12.4 Å². The maximum atomic E-state index is 13.3. The zero-order valence-electron chi connectivity index (χ0n) is 14.9. The van der Waals surface area contributed by atoms with Crippen molar-refractivity contribution in [2.24, 2.45) is 0 Å². The summed E-state index contributed by atoms with van der Waals surface area (Å²) in [4.78, 5) is 4.73. The fourth-order valence-corrected chi connectivity index (χ4v) is 2.97. The zero-order chi connectivity index (χ0) is 19.0. The van der Waals surface area contributed by atoms with Crippen molar-refractivity contribution in [2.45, 2.75) is 6.92 Å². The number of benzene rings is 2. The fourth-order valence-electron chi connectivity index (χ4n) is 2.97. The van der Waals surface area contributed by atoms with Crippen molar-refractivity contribution in [1.82, 2.24) is 9.38 Å². The molecular weight excluding hydrogens is 345 g/mol. The number of phenolic OH excluding ortho intramolecular Hbond substituents is 1. The summed E-state index contributed by atoms with van der Waals surface area (Å²) < 4.78 is 20.4. The lowest BCUT2D eigenvalue weighted by Crippen LogP contribution is -1.97. The number of halogens is 1. The Bertz CT molecular complexity index is 1120. The molecule has 0 atom stereocenters. The minimum atomic E-state index is -0.293. The van der Waals surface area contributed by atoms with E-state index in [-0.39, 0.29) is 11.6 Å². The number of phenols is 1. The van der Waals surface area contributed by atoms with E-state index in [9.17, 15) is 9.50 Å². The van der Waals surface area contributed by atoms with Gasteiger partial charge in [0.2, 0.25) is 0 Å². The van der Waals surface area contributed by atoms with E-state index in [0.29, 0.717) is 11.4 Å². The predicted octanol–water partition coefficient (Wildman–Crippen LogP) is 4.91. The van der Waals surface area contributed by atoms with Gasteiger partial charge in [0.05, 0.1) is 7.11 Å². The number of aromatic nitrogens is 2. The molecule has 4 rings (SSSR count). The largest absolute Gasteiger partial charge is 0.504 e. The van der Waals surface area contributed by atoms with Gasteiger partial charge in [-0.3, -0.25) is 4.40 Å². The van der Waals surface area contributed by atoms with Crippen LogP contribution in [-0.4, -0.2) is 21.6 Å². The van der Waals surface area contributed by atoms with E-state index in [1.165, 1.54) is 19.2 Å². The van der Waals surface area contributed by atoms with Crippen LogP contribution < -0.4 is 10.1 Å². The smallest absolute Gasteiger partial charge is 0.161 e. The average Bonchev–Trinajstić information content (AvgIpc) is 3.01. The predicted molar refractivity (Wildman–Crippen MR) is 103 cm³/mol. The molecule has 0 radical (unpaired) electrons. The second-order valence-electron chi connectivity index (χ2n) is 6.26. The van der Waals surface area contributed by atoms with Gasteiger partial charge in [-0.05, 0) is 61.0 Å². The Balaban J connectivity index is 1.90. The highest BCUT2D eigenvalue weighted by atomic mass is 19.1. The third-order valence-corrected chi connectivity index (χ3v) is 4.33. The molecule has 0 spiro atoms. The van der Waals surface area contributed by atoms with Gasteiger partial charge in [-0.25, -0.2) is 9.37 Å². The quantitative estimate of drug-likeness (QED) is 0.541. The average molecular weight is 363 g/mol. The number of ether oxygens (including phenoxy) is 1. The molecule has 27 heavy (non-hydrogen) atoms. The summed E-state index contributed by atoms with van der Waals surface area (Å²) >= 11 is 0. The van der Waals surface area contributed by atoms with Crippen LogP contribution in [0, 0.1) is 12.7 Å². The van der Waals surface area contributed by atoms with Gasteiger partial charge >= 0.3 is 0 Å². The van der Waals surface area contributed by atoms with E-state index in [4.69, 9.17) is 9.72 Å². The van der Waals surface area contributed by atoms with E-state index < -0.39 is 0 Å². The van der Waals surface area contributed by atoms with E-state index in [1.54, 1.807) is 30.3 Å². The highest BCUT2D eigenvalue weighted by Crippen LogP contribution is 2.36. The molecule has 2 heterocycles. The minimum absolute atomic E-state index is 0.0638. The van der Waals surface area contributed by atoms with Gasteiger partial charge in [-0.1, -0.05) is 6.07 Å². The van der Waals surface area contributed by atoms with E-state index in [1.807, 2.05) is 29.7 Å². The molecule has 0 aliphatic rings. The van der Waals surface area contributed by atoms with Crippen LogP contribution in [0.1, 0.15) is 5.56 Å². The van der Waals surface area contributed by atoms with Crippen molar-refractivity contribution in [3.05, 3.63) is 72.2 Å². The normalized spacial score (nSPS) is 10.9. The van der Waals surface area contributed by atoms with Crippen molar-refractivity contribution < 1.29 is 14.2 Å². The van der Waals surface area contributed by atoms with Crippen LogP contribution in [0.15, 0.2) is 60.8 Å². The lowest BCUT2D eigenvalue weighted by atomic mass is 10.1. The summed E-state index contributed by atoms with van der Waals surface area (Å²) in [5.41, 5.74) is 4.08. The molecule has 0 saturated carbocycles. The SMILES string of the molecule is COc1cc(-c2nc3ccc(C)cn3c2Nc2ccc(F)cc2)ccc1O. The molecule has 2 aromatic heterocycles. The van der Waals surface area contributed by atoms with Gasteiger partial charge in [-0.15, -0.1) is 0 Å². The maximum Gasteiger partial charge on any atom is 0.161 e. The van der Waals surface area contributed by atoms with Crippen LogP contribution in [0.25, 0.3) is 16.9 Å². The molecule has 0 amide bonds. The standard InChI is InChI=1S/C21H18FN3O2/c1-13-3-10-19-24-20(14-4-9-17(26)18(11-14)27-2)21(25(19)12-13)23-16-7-5-15(22)6-8-16/h3-12,23,26H,1-2H3. The van der Waals surface area contributed by atoms with Gasteiger partial charge < -0.3 is 15.2 Å². The van der Waals surface area contributed by atoms with Crippen molar-refractivity contribution in [3.8, 4) is 22.8 Å². The number of rotatable bonds is 4. The fraction of sp³-hybridized carbons (Fsp3) is 0.0952. The number of aromatic hydroxyl groups is 1. The van der Waals surface area contributed by atoms with Crippen LogP contribution in [-0.2, 0) is 0 Å². The molecule has 0 aliphatic heterocycles. The van der Waals surface area contributed by atoms with Crippen LogP contribution in [0.2, 0.25) is 0 Å². The maximum absolute atomic E-state index is 13.3. The third kappa shape index (κ3) is 3.17. The first kappa shape index (κ1) is 16.9. The molecule has 0 saturated heterocycles. The van der Waals surface area contributed by atoms with E-state index in [0.717, 1.165) is 28.3 Å². The number of anilines is 2. The van der Waals surface area contributed by atoms with Crippen LogP contribution in [0.5, 0.6) is 11.5 Å². The number of fused-ring (bicyclic) bond motifs is 1. The van der Waals surface area contributed by atoms with Gasteiger partial charge in [-0.2, -0.15) is 0 Å². The number of hydrogen-bond acceptors (Lipinski definition) is 4. The first-order valence-corrected chi connectivity index (χ1v) is 8.44. The third-order valence-electron chi connectivity index (χ3n) is 4.33. The van der Waals surface area contributed by atoms with E-state index >= 15 is 0 Å². The summed E-state index contributed by atoms with van der Waals surface area (Å²) in [6.07, 6.45) is 1.98. The second-order valence-corrected chi connectivity index (χ2v) is 6.26. The van der Waals surface area contributed by atoms with Crippen LogP contribution in [0.3, 0.4) is 0 Å². The topological polar surface area (TPSA) is 58.8 Å². The Hall–Kier alpha value is -3.54. The molecule has 2 N–H and O–H groups in total. The Kier molecular flexibility index (Phi) is 4.16. The lowest BCUT2D eigenvalue weighted by molar-refractivity contribution is 0.373. The molecule has 0 fully saturated rings. The van der Waals surface area contributed by atoms with Crippen LogP contribution in [0.4, 0.5) is 15.9 Å². The molecule has 136 valence electrons. The molecule has 0 aliphatic carbocycles. The summed E-state index contributed by atoms with van der Waals surface area (Å²) in [6.45, 7) is 2.00. The molecule has 2 aromatic carbocycles. The number of aryl methyl sites for hydroxylation is 1. The van der Waals surface area contributed by atoms with E-state index in [2.05, 4.69) is 5.32 Å². The van der Waals surface area contributed by atoms with Gasteiger partial charge in [0.15, 0.2) is 11.5 Å². The number of nitrogens with one attached hydrogen (secondary N) is 1. The highest BCUT2D eigenvalue weighted by Gasteiger charge is 2.16. The molecular formula is C21H18FN3O2. The molecule has 6 heteroatoms. The number of hydrogen-bond donors (Lipinski definition) is 2. The summed E-state index contributed by atoms with van der Waals surface area (Å²) in [6, 6.07) is 15.2. The number of methoxy groups -OCH3 is 1. The van der Waals surface area contributed by atoms with Crippen molar-refractivity contribution in [1.29, 1.82) is 0 Å². The summed E-state index contributed by atoms with van der Waals surface area (Å²) in [5, 5.41) is 13.2. The summed E-state index contributed by atoms with van der Waals surface area (Å²) in [7, 11) is 1.50. The van der Waals surface area contributed by atoms with Gasteiger partial charge in [0.25, 0.3) is 0 Å².